The zero-order valence-electron chi connectivity index (χ0n) is 12.1. The standard InChI is InChI=1S/C15H24N2O2/c1-10(2)14(9-18)17-15(19)12-7-5-6-8-13(12)16-11(3)4/h5-8,10-11,14,16,18H,9H2,1-4H3,(H,17,19). The number of para-hydroxylation sites is 1. The molecule has 4 nitrogen and oxygen atoms in total. The predicted octanol–water partition coefficient (Wildman–Crippen LogP) is 2.25. The van der Waals surface area contributed by atoms with Gasteiger partial charge in [-0.2, -0.15) is 0 Å². The van der Waals surface area contributed by atoms with Crippen molar-refractivity contribution in [2.24, 2.45) is 5.92 Å². The van der Waals surface area contributed by atoms with E-state index in [1.807, 2.05) is 45.9 Å². The van der Waals surface area contributed by atoms with Crippen molar-refractivity contribution in [2.75, 3.05) is 11.9 Å². The van der Waals surface area contributed by atoms with E-state index in [-0.39, 0.29) is 30.5 Å². The minimum atomic E-state index is -0.223. The molecule has 1 rings (SSSR count). The van der Waals surface area contributed by atoms with Gasteiger partial charge in [0.15, 0.2) is 0 Å². The fourth-order valence-electron chi connectivity index (χ4n) is 1.79. The van der Waals surface area contributed by atoms with Gasteiger partial charge in [0, 0.05) is 11.7 Å². The van der Waals surface area contributed by atoms with Gasteiger partial charge in [0.05, 0.1) is 18.2 Å². The van der Waals surface area contributed by atoms with Crippen molar-refractivity contribution < 1.29 is 9.90 Å². The highest BCUT2D eigenvalue weighted by Gasteiger charge is 2.18. The first-order valence-corrected chi connectivity index (χ1v) is 6.73. The Hall–Kier alpha value is -1.55. The molecule has 0 aliphatic carbocycles. The zero-order valence-corrected chi connectivity index (χ0v) is 12.1. The first-order chi connectivity index (χ1) is 8.95. The van der Waals surface area contributed by atoms with Crippen molar-refractivity contribution in [1.82, 2.24) is 5.32 Å². The van der Waals surface area contributed by atoms with E-state index in [1.54, 1.807) is 6.07 Å². The van der Waals surface area contributed by atoms with Crippen molar-refractivity contribution in [3.63, 3.8) is 0 Å². The lowest BCUT2D eigenvalue weighted by Gasteiger charge is -2.21. The maximum atomic E-state index is 12.3. The van der Waals surface area contributed by atoms with Crippen LogP contribution >= 0.6 is 0 Å². The van der Waals surface area contributed by atoms with E-state index in [2.05, 4.69) is 10.6 Å². The lowest BCUT2D eigenvalue weighted by Crippen LogP contribution is -2.41. The predicted molar refractivity (Wildman–Crippen MR) is 78.4 cm³/mol. The molecule has 106 valence electrons. The van der Waals surface area contributed by atoms with Crippen LogP contribution in [0.5, 0.6) is 0 Å². The molecular formula is C15H24N2O2. The molecule has 1 atom stereocenters. The molecule has 1 amide bonds. The lowest BCUT2D eigenvalue weighted by atomic mass is 10.0. The Morgan fingerprint density at radius 1 is 1.21 bits per heavy atom. The number of aliphatic hydroxyl groups is 1. The molecule has 0 heterocycles. The van der Waals surface area contributed by atoms with E-state index in [9.17, 15) is 9.90 Å². The quantitative estimate of drug-likeness (QED) is 0.738. The zero-order chi connectivity index (χ0) is 14.4. The summed E-state index contributed by atoms with van der Waals surface area (Å²) in [6.45, 7) is 7.95. The smallest absolute Gasteiger partial charge is 0.253 e. The number of amides is 1. The summed E-state index contributed by atoms with van der Waals surface area (Å²) in [6.07, 6.45) is 0. The van der Waals surface area contributed by atoms with Crippen LogP contribution in [-0.2, 0) is 0 Å². The van der Waals surface area contributed by atoms with Gasteiger partial charge < -0.3 is 15.7 Å². The molecule has 0 saturated heterocycles. The molecule has 0 saturated carbocycles. The molecule has 4 heteroatoms. The third-order valence-corrected chi connectivity index (χ3v) is 2.93. The second-order valence-electron chi connectivity index (χ2n) is 5.35. The van der Waals surface area contributed by atoms with Crippen LogP contribution in [0, 0.1) is 5.92 Å². The first-order valence-electron chi connectivity index (χ1n) is 6.73. The van der Waals surface area contributed by atoms with E-state index in [1.165, 1.54) is 0 Å². The number of anilines is 1. The monoisotopic (exact) mass is 264 g/mol. The molecule has 1 unspecified atom stereocenters. The van der Waals surface area contributed by atoms with Crippen LogP contribution in [0.15, 0.2) is 24.3 Å². The average molecular weight is 264 g/mol. The van der Waals surface area contributed by atoms with Crippen LogP contribution in [0.4, 0.5) is 5.69 Å². The molecule has 0 fully saturated rings. The average Bonchev–Trinajstić information content (AvgIpc) is 2.35. The van der Waals surface area contributed by atoms with Crippen molar-refractivity contribution in [3.8, 4) is 0 Å². The van der Waals surface area contributed by atoms with Crippen LogP contribution in [-0.4, -0.2) is 29.7 Å². The van der Waals surface area contributed by atoms with Crippen LogP contribution in [0.1, 0.15) is 38.1 Å². The lowest BCUT2D eigenvalue weighted by molar-refractivity contribution is 0.0897. The first kappa shape index (κ1) is 15.5. The molecular weight excluding hydrogens is 240 g/mol. The van der Waals surface area contributed by atoms with Gasteiger partial charge in [0.1, 0.15) is 0 Å². The van der Waals surface area contributed by atoms with Crippen LogP contribution in [0.2, 0.25) is 0 Å². The van der Waals surface area contributed by atoms with Gasteiger partial charge in [0.2, 0.25) is 0 Å². The molecule has 0 spiro atoms. The molecule has 3 N–H and O–H groups in total. The highest BCUT2D eigenvalue weighted by molar-refractivity contribution is 5.99. The Morgan fingerprint density at radius 2 is 1.84 bits per heavy atom. The number of rotatable bonds is 6. The number of carbonyl (C=O) groups excluding carboxylic acids is 1. The molecule has 0 radical (unpaired) electrons. The summed E-state index contributed by atoms with van der Waals surface area (Å²) in [5, 5.41) is 15.4. The summed E-state index contributed by atoms with van der Waals surface area (Å²) in [5.74, 6) is 0.0377. The number of carbonyl (C=O) groups is 1. The largest absolute Gasteiger partial charge is 0.394 e. The minimum Gasteiger partial charge on any atom is -0.394 e. The van der Waals surface area contributed by atoms with Crippen LogP contribution in [0.3, 0.4) is 0 Å². The Morgan fingerprint density at radius 3 is 2.37 bits per heavy atom. The van der Waals surface area contributed by atoms with E-state index >= 15 is 0 Å². The van der Waals surface area contributed by atoms with Gasteiger partial charge >= 0.3 is 0 Å². The number of aliphatic hydroxyl groups excluding tert-OH is 1. The molecule has 19 heavy (non-hydrogen) atoms. The van der Waals surface area contributed by atoms with Gasteiger partial charge in [-0.15, -0.1) is 0 Å². The maximum absolute atomic E-state index is 12.3. The maximum Gasteiger partial charge on any atom is 0.253 e. The molecule has 0 bridgehead atoms. The van der Waals surface area contributed by atoms with E-state index in [0.717, 1.165) is 5.69 Å². The van der Waals surface area contributed by atoms with Gasteiger partial charge in [-0.05, 0) is 31.9 Å². The second kappa shape index (κ2) is 7.14. The summed E-state index contributed by atoms with van der Waals surface area (Å²) >= 11 is 0. The summed E-state index contributed by atoms with van der Waals surface area (Å²) in [6, 6.07) is 7.44. The molecule has 1 aromatic rings. The summed E-state index contributed by atoms with van der Waals surface area (Å²) in [7, 11) is 0. The second-order valence-corrected chi connectivity index (χ2v) is 5.35. The third kappa shape index (κ3) is 4.56. The van der Waals surface area contributed by atoms with E-state index < -0.39 is 0 Å². The Kier molecular flexibility index (Phi) is 5.83. The van der Waals surface area contributed by atoms with Crippen molar-refractivity contribution in [2.45, 2.75) is 39.8 Å². The Balaban J connectivity index is 2.87. The number of benzene rings is 1. The van der Waals surface area contributed by atoms with Crippen LogP contribution in [0.25, 0.3) is 0 Å². The normalized spacial score (nSPS) is 12.6. The van der Waals surface area contributed by atoms with Crippen molar-refractivity contribution in [3.05, 3.63) is 29.8 Å². The van der Waals surface area contributed by atoms with Crippen LogP contribution < -0.4 is 10.6 Å². The fraction of sp³-hybridized carbons (Fsp3) is 0.533. The van der Waals surface area contributed by atoms with E-state index in [4.69, 9.17) is 0 Å². The molecule has 0 aliphatic heterocycles. The molecule has 1 aromatic carbocycles. The van der Waals surface area contributed by atoms with Gasteiger partial charge in [0.25, 0.3) is 5.91 Å². The van der Waals surface area contributed by atoms with Gasteiger partial charge in [-0.1, -0.05) is 26.0 Å². The van der Waals surface area contributed by atoms with Gasteiger partial charge in [-0.3, -0.25) is 4.79 Å². The summed E-state index contributed by atoms with van der Waals surface area (Å²) in [5.41, 5.74) is 1.42. The molecule has 0 aromatic heterocycles. The third-order valence-electron chi connectivity index (χ3n) is 2.93. The highest BCUT2D eigenvalue weighted by Crippen LogP contribution is 2.16. The minimum absolute atomic E-state index is 0.0524. The Bertz CT molecular complexity index is 416. The highest BCUT2D eigenvalue weighted by atomic mass is 16.3. The SMILES string of the molecule is CC(C)Nc1ccccc1C(=O)NC(CO)C(C)C. The summed E-state index contributed by atoms with van der Waals surface area (Å²) in [4.78, 5) is 12.3. The molecule has 0 aliphatic rings. The topological polar surface area (TPSA) is 61.4 Å². The number of hydrogen-bond acceptors (Lipinski definition) is 3. The number of hydrogen-bond donors (Lipinski definition) is 3. The Labute approximate surface area is 115 Å². The van der Waals surface area contributed by atoms with Crippen molar-refractivity contribution >= 4 is 11.6 Å². The number of nitrogens with one attached hydrogen (secondary N) is 2. The van der Waals surface area contributed by atoms with Gasteiger partial charge in [-0.25, -0.2) is 0 Å². The summed E-state index contributed by atoms with van der Waals surface area (Å²) < 4.78 is 0. The van der Waals surface area contributed by atoms with E-state index in [0.29, 0.717) is 5.56 Å². The van der Waals surface area contributed by atoms with Crippen molar-refractivity contribution in [1.29, 1.82) is 0 Å². The fourth-order valence-corrected chi connectivity index (χ4v) is 1.79.